The van der Waals surface area contributed by atoms with Gasteiger partial charge in [0.1, 0.15) is 0 Å². The molecule has 0 N–H and O–H groups in total. The quantitative estimate of drug-likeness (QED) is 0.525. The van der Waals surface area contributed by atoms with Crippen LogP contribution >= 0.6 is 11.8 Å². The van der Waals surface area contributed by atoms with Crippen molar-refractivity contribution in [2.75, 3.05) is 52.8 Å². The van der Waals surface area contributed by atoms with E-state index in [1.807, 2.05) is 0 Å². The van der Waals surface area contributed by atoms with Gasteiger partial charge in [0, 0.05) is 43.5 Å². The number of ether oxygens (including phenoxy) is 2. The number of piperidine rings is 1. The summed E-state index contributed by atoms with van der Waals surface area (Å²) < 4.78 is 10.4. The third-order valence-corrected chi connectivity index (χ3v) is 6.55. The Morgan fingerprint density at radius 2 is 1.96 bits per heavy atom. The Morgan fingerprint density at radius 3 is 2.63 bits per heavy atom. The first-order valence-electron chi connectivity index (χ1n) is 9.93. The number of hydrogen-bond acceptors (Lipinski definition) is 6. The lowest BCUT2D eigenvalue weighted by molar-refractivity contribution is -0.141. The average molecular weight is 393 g/mol. The fourth-order valence-corrected chi connectivity index (χ4v) is 4.71. The van der Waals surface area contributed by atoms with Crippen molar-refractivity contribution in [2.45, 2.75) is 36.7 Å². The van der Waals surface area contributed by atoms with Gasteiger partial charge in [0.15, 0.2) is 0 Å². The van der Waals surface area contributed by atoms with E-state index in [1.54, 1.807) is 11.8 Å². The molecule has 5 nitrogen and oxygen atoms in total. The Morgan fingerprint density at radius 1 is 1.22 bits per heavy atom. The molecule has 0 amide bonds. The van der Waals surface area contributed by atoms with Crippen LogP contribution in [0.4, 0.5) is 0 Å². The highest BCUT2D eigenvalue weighted by atomic mass is 32.2. The maximum atomic E-state index is 11.7. The second-order valence-corrected chi connectivity index (χ2v) is 8.34. The summed E-state index contributed by atoms with van der Waals surface area (Å²) in [5, 5.41) is 0. The van der Waals surface area contributed by atoms with Crippen LogP contribution in [-0.2, 0) is 20.8 Å². The van der Waals surface area contributed by atoms with Crippen molar-refractivity contribution >= 4 is 17.7 Å². The molecule has 0 aliphatic carbocycles. The van der Waals surface area contributed by atoms with E-state index in [9.17, 15) is 4.79 Å². The average Bonchev–Trinajstić information content (AvgIpc) is 2.73. The van der Waals surface area contributed by atoms with Crippen molar-refractivity contribution in [1.82, 2.24) is 9.80 Å². The normalized spacial score (nSPS) is 24.7. The van der Waals surface area contributed by atoms with E-state index in [4.69, 9.17) is 9.47 Å². The molecule has 0 aromatic heterocycles. The predicted molar refractivity (Wildman–Crippen MR) is 109 cm³/mol. The molecular weight excluding hydrogens is 360 g/mol. The zero-order valence-electron chi connectivity index (χ0n) is 16.6. The Hall–Kier alpha value is -1.08. The SMILES string of the molecule is COC(=O)CC[C@H]1CN(Cc2ccc(SC)cc2)CC[C@H]1N1CCOCC1. The molecule has 2 aliphatic rings. The number of nitrogens with zero attached hydrogens (tertiary/aromatic N) is 2. The largest absolute Gasteiger partial charge is 0.469 e. The van der Waals surface area contributed by atoms with Crippen LogP contribution in [0.3, 0.4) is 0 Å². The van der Waals surface area contributed by atoms with E-state index in [0.29, 0.717) is 18.4 Å². The Bertz CT molecular complexity index is 590. The predicted octanol–water partition coefficient (Wildman–Crippen LogP) is 2.88. The van der Waals surface area contributed by atoms with Crippen LogP contribution in [0, 0.1) is 5.92 Å². The van der Waals surface area contributed by atoms with Gasteiger partial charge in [0.25, 0.3) is 0 Å². The van der Waals surface area contributed by atoms with E-state index in [0.717, 1.165) is 58.8 Å². The lowest BCUT2D eigenvalue weighted by Crippen LogP contribution is -2.53. The van der Waals surface area contributed by atoms with Gasteiger partial charge in [-0.05, 0) is 49.3 Å². The number of hydrogen-bond donors (Lipinski definition) is 0. The molecule has 2 heterocycles. The standard InChI is InChI=1S/C21H32N2O3S/c1-25-21(24)8-5-18-16-22(15-17-3-6-19(27-2)7-4-17)10-9-20(18)23-11-13-26-14-12-23/h3-4,6-7,18,20H,5,8-16H2,1-2H3/t18-,20+/m0/s1. The Labute approximate surface area is 167 Å². The number of carbonyl (C=O) groups is 1. The molecule has 2 saturated heterocycles. The number of rotatable bonds is 7. The summed E-state index contributed by atoms with van der Waals surface area (Å²) in [6.45, 7) is 6.81. The molecule has 0 spiro atoms. The summed E-state index contributed by atoms with van der Waals surface area (Å²) in [4.78, 5) is 18.1. The minimum atomic E-state index is -0.0968. The second-order valence-electron chi connectivity index (χ2n) is 7.46. The Balaban J connectivity index is 1.61. The van der Waals surface area contributed by atoms with E-state index in [1.165, 1.54) is 17.6 Å². The van der Waals surface area contributed by atoms with Crippen molar-refractivity contribution < 1.29 is 14.3 Å². The fraction of sp³-hybridized carbons (Fsp3) is 0.667. The molecule has 0 saturated carbocycles. The molecule has 2 aliphatic heterocycles. The number of thioether (sulfide) groups is 1. The topological polar surface area (TPSA) is 42.0 Å². The van der Waals surface area contributed by atoms with Gasteiger partial charge in [-0.2, -0.15) is 0 Å². The highest BCUT2D eigenvalue weighted by molar-refractivity contribution is 7.98. The Kier molecular flexibility index (Phi) is 8.00. The van der Waals surface area contributed by atoms with Gasteiger partial charge < -0.3 is 9.47 Å². The molecule has 0 unspecified atom stereocenters. The summed E-state index contributed by atoms with van der Waals surface area (Å²) >= 11 is 1.78. The van der Waals surface area contributed by atoms with E-state index in [-0.39, 0.29) is 5.97 Å². The van der Waals surface area contributed by atoms with Crippen molar-refractivity contribution in [3.05, 3.63) is 29.8 Å². The monoisotopic (exact) mass is 392 g/mol. The van der Waals surface area contributed by atoms with Crippen LogP contribution in [0.15, 0.2) is 29.2 Å². The highest BCUT2D eigenvalue weighted by Gasteiger charge is 2.34. The summed E-state index contributed by atoms with van der Waals surface area (Å²) in [5.74, 6) is 0.405. The first-order chi connectivity index (χ1) is 13.2. The van der Waals surface area contributed by atoms with E-state index in [2.05, 4.69) is 40.3 Å². The van der Waals surface area contributed by atoms with Crippen LogP contribution in [0.1, 0.15) is 24.8 Å². The van der Waals surface area contributed by atoms with Crippen LogP contribution < -0.4 is 0 Å². The third-order valence-electron chi connectivity index (χ3n) is 5.80. The van der Waals surface area contributed by atoms with Crippen LogP contribution in [0.5, 0.6) is 0 Å². The summed E-state index contributed by atoms with van der Waals surface area (Å²) in [6.07, 6.45) is 4.68. The fourth-order valence-electron chi connectivity index (χ4n) is 4.31. The molecule has 6 heteroatoms. The lowest BCUT2D eigenvalue weighted by Gasteiger charge is -2.45. The molecular formula is C21H32N2O3S. The number of carbonyl (C=O) groups excluding carboxylic acids is 1. The molecule has 0 bridgehead atoms. The summed E-state index contributed by atoms with van der Waals surface area (Å²) in [7, 11) is 1.48. The van der Waals surface area contributed by atoms with Crippen molar-refractivity contribution in [1.29, 1.82) is 0 Å². The maximum absolute atomic E-state index is 11.7. The van der Waals surface area contributed by atoms with E-state index < -0.39 is 0 Å². The molecule has 0 radical (unpaired) electrons. The molecule has 2 atom stereocenters. The second kappa shape index (κ2) is 10.5. The van der Waals surface area contributed by atoms with Crippen LogP contribution in [0.2, 0.25) is 0 Å². The van der Waals surface area contributed by atoms with Gasteiger partial charge in [-0.25, -0.2) is 0 Å². The molecule has 150 valence electrons. The lowest BCUT2D eigenvalue weighted by atomic mass is 9.86. The van der Waals surface area contributed by atoms with Gasteiger partial charge in [-0.15, -0.1) is 11.8 Å². The van der Waals surface area contributed by atoms with Gasteiger partial charge in [0.05, 0.1) is 20.3 Å². The molecule has 3 rings (SSSR count). The minimum absolute atomic E-state index is 0.0968. The smallest absolute Gasteiger partial charge is 0.305 e. The molecule has 27 heavy (non-hydrogen) atoms. The van der Waals surface area contributed by atoms with Crippen LogP contribution in [0.25, 0.3) is 0 Å². The van der Waals surface area contributed by atoms with Crippen molar-refractivity contribution in [3.8, 4) is 0 Å². The first-order valence-corrected chi connectivity index (χ1v) is 11.2. The molecule has 1 aromatic carbocycles. The maximum Gasteiger partial charge on any atom is 0.305 e. The number of methoxy groups -OCH3 is 1. The number of likely N-dealkylation sites (tertiary alicyclic amines) is 1. The van der Waals surface area contributed by atoms with E-state index >= 15 is 0 Å². The summed E-state index contributed by atoms with van der Waals surface area (Å²) in [6, 6.07) is 9.44. The number of morpholine rings is 1. The van der Waals surface area contributed by atoms with Gasteiger partial charge in [0.2, 0.25) is 0 Å². The van der Waals surface area contributed by atoms with Crippen molar-refractivity contribution in [3.63, 3.8) is 0 Å². The van der Waals surface area contributed by atoms with Gasteiger partial charge in [-0.3, -0.25) is 14.6 Å². The first kappa shape index (κ1) is 20.6. The van der Waals surface area contributed by atoms with Crippen LogP contribution in [-0.4, -0.2) is 74.6 Å². The molecule has 1 aromatic rings. The van der Waals surface area contributed by atoms with Gasteiger partial charge >= 0.3 is 5.97 Å². The van der Waals surface area contributed by atoms with Gasteiger partial charge in [-0.1, -0.05) is 12.1 Å². The zero-order valence-corrected chi connectivity index (χ0v) is 17.4. The summed E-state index contributed by atoms with van der Waals surface area (Å²) in [5.41, 5.74) is 1.37. The zero-order chi connectivity index (χ0) is 19.1. The highest BCUT2D eigenvalue weighted by Crippen LogP contribution is 2.28. The van der Waals surface area contributed by atoms with Crippen molar-refractivity contribution in [2.24, 2.45) is 5.92 Å². The number of benzene rings is 1. The minimum Gasteiger partial charge on any atom is -0.469 e. The molecule has 2 fully saturated rings. The number of esters is 1. The third kappa shape index (κ3) is 5.95.